The number of aromatic nitrogens is 1. The third-order valence-electron chi connectivity index (χ3n) is 1.99. The van der Waals surface area contributed by atoms with Crippen molar-refractivity contribution in [2.75, 3.05) is 0 Å². The zero-order valence-electron chi connectivity index (χ0n) is 8.36. The van der Waals surface area contributed by atoms with Crippen molar-refractivity contribution in [2.24, 2.45) is 0 Å². The summed E-state index contributed by atoms with van der Waals surface area (Å²) in [6, 6.07) is 11.8. The van der Waals surface area contributed by atoms with Crippen LogP contribution in [0.3, 0.4) is 0 Å². The Morgan fingerprint density at radius 3 is 2.69 bits per heavy atom. The first-order chi connectivity index (χ1) is 7.75. The van der Waals surface area contributed by atoms with Crippen LogP contribution in [-0.4, -0.2) is 4.98 Å². The fourth-order valence-electron chi connectivity index (χ4n) is 1.23. The van der Waals surface area contributed by atoms with E-state index in [1.165, 1.54) is 0 Å². The van der Waals surface area contributed by atoms with Crippen LogP contribution in [0.2, 0.25) is 5.02 Å². The summed E-state index contributed by atoms with van der Waals surface area (Å²) in [7, 11) is 0. The van der Waals surface area contributed by atoms with E-state index in [9.17, 15) is 0 Å². The molecule has 1 heterocycles. The van der Waals surface area contributed by atoms with Crippen LogP contribution in [-0.2, 0) is 6.61 Å². The van der Waals surface area contributed by atoms with Gasteiger partial charge in [-0.2, -0.15) is 0 Å². The number of rotatable bonds is 3. The van der Waals surface area contributed by atoms with E-state index in [1.807, 2.05) is 36.4 Å². The van der Waals surface area contributed by atoms with Crippen molar-refractivity contribution in [3.05, 3.63) is 56.8 Å². The van der Waals surface area contributed by atoms with Crippen molar-refractivity contribution in [2.45, 2.75) is 6.61 Å². The standard InChI is InChI=1S/C12H9ClINO/c13-10-6-11(14)12(15-7-10)16-8-9-4-2-1-3-5-9/h1-7H,8H2. The van der Waals surface area contributed by atoms with E-state index in [1.54, 1.807) is 6.20 Å². The monoisotopic (exact) mass is 345 g/mol. The molecule has 0 saturated carbocycles. The van der Waals surface area contributed by atoms with Crippen LogP contribution >= 0.6 is 34.2 Å². The van der Waals surface area contributed by atoms with Gasteiger partial charge < -0.3 is 4.74 Å². The minimum atomic E-state index is 0.519. The summed E-state index contributed by atoms with van der Waals surface area (Å²) >= 11 is 7.97. The second kappa shape index (κ2) is 5.50. The van der Waals surface area contributed by atoms with E-state index in [0.717, 1.165) is 9.13 Å². The van der Waals surface area contributed by atoms with Crippen LogP contribution in [0.5, 0.6) is 5.88 Å². The van der Waals surface area contributed by atoms with Gasteiger partial charge >= 0.3 is 0 Å². The van der Waals surface area contributed by atoms with Crippen molar-refractivity contribution in [1.29, 1.82) is 0 Å². The third-order valence-corrected chi connectivity index (χ3v) is 2.97. The molecule has 16 heavy (non-hydrogen) atoms. The maximum Gasteiger partial charge on any atom is 0.227 e. The van der Waals surface area contributed by atoms with E-state index in [4.69, 9.17) is 16.3 Å². The molecule has 0 radical (unpaired) electrons. The summed E-state index contributed by atoms with van der Waals surface area (Å²) < 4.78 is 6.52. The fourth-order valence-corrected chi connectivity index (χ4v) is 2.21. The number of hydrogen-bond acceptors (Lipinski definition) is 2. The summed E-state index contributed by atoms with van der Waals surface area (Å²) in [5.74, 6) is 0.619. The lowest BCUT2D eigenvalue weighted by atomic mass is 10.2. The zero-order valence-corrected chi connectivity index (χ0v) is 11.3. The van der Waals surface area contributed by atoms with Crippen LogP contribution in [0, 0.1) is 3.57 Å². The van der Waals surface area contributed by atoms with Crippen molar-refractivity contribution in [3.8, 4) is 5.88 Å². The molecule has 0 aliphatic heterocycles. The van der Waals surface area contributed by atoms with Gasteiger partial charge in [-0.25, -0.2) is 4.98 Å². The minimum absolute atomic E-state index is 0.519. The molecule has 0 atom stereocenters. The molecule has 2 nitrogen and oxygen atoms in total. The van der Waals surface area contributed by atoms with Crippen molar-refractivity contribution < 1.29 is 4.74 Å². The highest BCUT2D eigenvalue weighted by Gasteiger charge is 2.03. The number of hydrogen-bond donors (Lipinski definition) is 0. The Labute approximate surface area is 113 Å². The molecule has 0 aliphatic carbocycles. The molecule has 0 N–H and O–H groups in total. The van der Waals surface area contributed by atoms with E-state index in [0.29, 0.717) is 17.5 Å². The Hall–Kier alpha value is -0.810. The Morgan fingerprint density at radius 2 is 2.00 bits per heavy atom. The van der Waals surface area contributed by atoms with Gasteiger partial charge in [0.05, 0.1) is 8.59 Å². The molecule has 1 aromatic heterocycles. The first kappa shape index (κ1) is 11.7. The summed E-state index contributed by atoms with van der Waals surface area (Å²) in [6.07, 6.45) is 1.59. The van der Waals surface area contributed by atoms with E-state index >= 15 is 0 Å². The fraction of sp³-hybridized carbons (Fsp3) is 0.0833. The van der Waals surface area contributed by atoms with Gasteiger partial charge in [0.15, 0.2) is 0 Å². The summed E-state index contributed by atoms with van der Waals surface area (Å²) in [6.45, 7) is 0.519. The Balaban J connectivity index is 2.05. The predicted octanol–water partition coefficient (Wildman–Crippen LogP) is 3.92. The molecule has 0 unspecified atom stereocenters. The molecule has 2 aromatic rings. The molecule has 0 amide bonds. The van der Waals surface area contributed by atoms with Gasteiger partial charge in [-0.15, -0.1) is 0 Å². The Bertz CT molecular complexity index is 476. The summed E-state index contributed by atoms with van der Waals surface area (Å²) in [5, 5.41) is 0.622. The van der Waals surface area contributed by atoms with Gasteiger partial charge in [0.25, 0.3) is 0 Å². The van der Waals surface area contributed by atoms with Crippen molar-refractivity contribution >= 4 is 34.2 Å². The van der Waals surface area contributed by atoms with Crippen molar-refractivity contribution in [1.82, 2.24) is 4.98 Å². The second-order valence-corrected chi connectivity index (χ2v) is 4.81. The lowest BCUT2D eigenvalue weighted by Gasteiger charge is -2.06. The van der Waals surface area contributed by atoms with Crippen LogP contribution in [0.4, 0.5) is 0 Å². The van der Waals surface area contributed by atoms with Crippen molar-refractivity contribution in [3.63, 3.8) is 0 Å². The first-order valence-electron chi connectivity index (χ1n) is 4.73. The second-order valence-electron chi connectivity index (χ2n) is 3.21. The third kappa shape index (κ3) is 3.09. The topological polar surface area (TPSA) is 22.1 Å². The molecule has 0 fully saturated rings. The molecular weight excluding hydrogens is 336 g/mol. The predicted molar refractivity (Wildman–Crippen MR) is 72.7 cm³/mol. The van der Waals surface area contributed by atoms with Gasteiger partial charge in [-0.1, -0.05) is 41.9 Å². The Morgan fingerprint density at radius 1 is 1.25 bits per heavy atom. The molecule has 82 valence electrons. The minimum Gasteiger partial charge on any atom is -0.472 e. The maximum atomic E-state index is 5.81. The normalized spacial score (nSPS) is 10.1. The summed E-state index contributed by atoms with van der Waals surface area (Å²) in [5.41, 5.74) is 1.12. The van der Waals surface area contributed by atoms with E-state index in [-0.39, 0.29) is 0 Å². The number of benzene rings is 1. The van der Waals surface area contributed by atoms with Crippen LogP contribution < -0.4 is 4.74 Å². The molecule has 0 aliphatic rings. The average molecular weight is 346 g/mol. The SMILES string of the molecule is Clc1cnc(OCc2ccccc2)c(I)c1. The van der Waals surface area contributed by atoms with E-state index < -0.39 is 0 Å². The quantitative estimate of drug-likeness (QED) is 0.787. The number of pyridine rings is 1. The highest BCUT2D eigenvalue weighted by Crippen LogP contribution is 2.21. The number of halogens is 2. The van der Waals surface area contributed by atoms with E-state index in [2.05, 4.69) is 27.6 Å². The largest absolute Gasteiger partial charge is 0.472 e. The van der Waals surface area contributed by atoms with Crippen LogP contribution in [0.15, 0.2) is 42.6 Å². The molecule has 1 aromatic carbocycles. The highest BCUT2D eigenvalue weighted by molar-refractivity contribution is 14.1. The zero-order chi connectivity index (χ0) is 11.4. The summed E-state index contributed by atoms with van der Waals surface area (Å²) in [4.78, 5) is 4.13. The lowest BCUT2D eigenvalue weighted by Crippen LogP contribution is -1.98. The lowest BCUT2D eigenvalue weighted by molar-refractivity contribution is 0.291. The molecular formula is C12H9ClINO. The molecule has 2 rings (SSSR count). The number of ether oxygens (including phenoxy) is 1. The molecule has 0 spiro atoms. The highest BCUT2D eigenvalue weighted by atomic mass is 127. The van der Waals surface area contributed by atoms with Gasteiger partial charge in [0.1, 0.15) is 6.61 Å². The van der Waals surface area contributed by atoms with Gasteiger partial charge in [-0.3, -0.25) is 0 Å². The molecule has 4 heteroatoms. The number of nitrogens with zero attached hydrogens (tertiary/aromatic N) is 1. The average Bonchev–Trinajstić information content (AvgIpc) is 2.29. The van der Waals surface area contributed by atoms with Gasteiger partial charge in [0.2, 0.25) is 5.88 Å². The maximum absolute atomic E-state index is 5.81. The molecule has 0 saturated heterocycles. The van der Waals surface area contributed by atoms with Crippen LogP contribution in [0.1, 0.15) is 5.56 Å². The first-order valence-corrected chi connectivity index (χ1v) is 6.19. The Kier molecular flexibility index (Phi) is 4.01. The molecule has 0 bridgehead atoms. The van der Waals surface area contributed by atoms with Gasteiger partial charge in [0, 0.05) is 6.20 Å². The van der Waals surface area contributed by atoms with Gasteiger partial charge in [-0.05, 0) is 34.2 Å². The van der Waals surface area contributed by atoms with Crippen LogP contribution in [0.25, 0.3) is 0 Å². The smallest absolute Gasteiger partial charge is 0.227 e.